The molecule has 1 aromatic rings. The topological polar surface area (TPSA) is 74.8 Å². The summed E-state index contributed by atoms with van der Waals surface area (Å²) >= 11 is 0. The van der Waals surface area contributed by atoms with E-state index >= 15 is 0 Å². The molecule has 0 aromatic heterocycles. The first-order valence-electron chi connectivity index (χ1n) is 7.36. The van der Waals surface area contributed by atoms with Gasteiger partial charge in [0.1, 0.15) is 0 Å². The van der Waals surface area contributed by atoms with E-state index in [1.807, 2.05) is 0 Å². The standard InChI is InChI=1S/C15H18N2O4S/c1-11-10-22(20,21)17(14(11)18)13-6-4-5-12(9-13)15(19)16-7-2-3-8-16/h4-6,9,11H,2-3,7-8,10H2,1H3. The number of rotatable bonds is 2. The van der Waals surface area contributed by atoms with Crippen molar-refractivity contribution in [2.75, 3.05) is 23.1 Å². The lowest BCUT2D eigenvalue weighted by atomic mass is 10.1. The molecule has 22 heavy (non-hydrogen) atoms. The summed E-state index contributed by atoms with van der Waals surface area (Å²) in [6.07, 6.45) is 1.98. The van der Waals surface area contributed by atoms with Crippen molar-refractivity contribution in [1.29, 1.82) is 0 Å². The molecular weight excluding hydrogens is 304 g/mol. The van der Waals surface area contributed by atoms with Crippen LogP contribution in [0.4, 0.5) is 5.69 Å². The van der Waals surface area contributed by atoms with E-state index in [4.69, 9.17) is 0 Å². The maximum absolute atomic E-state index is 12.4. The molecular formula is C15H18N2O4S. The smallest absolute Gasteiger partial charge is 0.253 e. The van der Waals surface area contributed by atoms with Crippen LogP contribution >= 0.6 is 0 Å². The molecule has 0 bridgehead atoms. The maximum atomic E-state index is 12.4. The van der Waals surface area contributed by atoms with Crippen LogP contribution in [0.15, 0.2) is 24.3 Å². The van der Waals surface area contributed by atoms with Gasteiger partial charge in [-0.25, -0.2) is 12.7 Å². The molecule has 0 saturated carbocycles. The molecule has 0 spiro atoms. The molecule has 3 rings (SSSR count). The van der Waals surface area contributed by atoms with Crippen LogP contribution in [-0.2, 0) is 14.8 Å². The van der Waals surface area contributed by atoms with Crippen LogP contribution in [0.25, 0.3) is 0 Å². The van der Waals surface area contributed by atoms with Crippen LogP contribution in [-0.4, -0.2) is 44.0 Å². The van der Waals surface area contributed by atoms with Gasteiger partial charge in [0.25, 0.3) is 5.91 Å². The van der Waals surface area contributed by atoms with Crippen molar-refractivity contribution >= 4 is 27.5 Å². The first-order chi connectivity index (χ1) is 10.4. The van der Waals surface area contributed by atoms with Crippen LogP contribution in [0.5, 0.6) is 0 Å². The molecule has 1 unspecified atom stereocenters. The highest BCUT2D eigenvalue weighted by atomic mass is 32.2. The molecule has 1 atom stereocenters. The van der Waals surface area contributed by atoms with Gasteiger partial charge in [0.05, 0.1) is 17.4 Å². The number of hydrogen-bond acceptors (Lipinski definition) is 4. The lowest BCUT2D eigenvalue weighted by molar-refractivity contribution is -0.119. The van der Waals surface area contributed by atoms with Crippen molar-refractivity contribution in [2.45, 2.75) is 19.8 Å². The number of benzene rings is 1. The van der Waals surface area contributed by atoms with E-state index in [0.717, 1.165) is 30.2 Å². The Morgan fingerprint density at radius 2 is 1.91 bits per heavy atom. The van der Waals surface area contributed by atoms with E-state index in [2.05, 4.69) is 0 Å². The number of nitrogens with zero attached hydrogens (tertiary/aromatic N) is 2. The molecule has 2 saturated heterocycles. The quantitative estimate of drug-likeness (QED) is 0.821. The second-order valence-corrected chi connectivity index (χ2v) is 7.69. The third kappa shape index (κ3) is 2.49. The summed E-state index contributed by atoms with van der Waals surface area (Å²) in [5, 5.41) is 0. The summed E-state index contributed by atoms with van der Waals surface area (Å²) in [7, 11) is -3.64. The molecule has 2 aliphatic rings. The number of carbonyl (C=O) groups excluding carboxylic acids is 2. The molecule has 0 aliphatic carbocycles. The van der Waals surface area contributed by atoms with Crippen LogP contribution < -0.4 is 4.31 Å². The van der Waals surface area contributed by atoms with Crippen molar-refractivity contribution in [3.8, 4) is 0 Å². The molecule has 1 aromatic carbocycles. The van der Waals surface area contributed by atoms with Crippen LogP contribution in [0.3, 0.4) is 0 Å². The molecule has 6 nitrogen and oxygen atoms in total. The molecule has 0 radical (unpaired) electrons. The Morgan fingerprint density at radius 3 is 2.50 bits per heavy atom. The summed E-state index contributed by atoms with van der Waals surface area (Å²) < 4.78 is 25.1. The van der Waals surface area contributed by atoms with E-state index in [1.54, 1.807) is 30.0 Å². The minimum absolute atomic E-state index is 0.114. The molecule has 118 valence electrons. The third-order valence-electron chi connectivity index (χ3n) is 4.08. The number of likely N-dealkylation sites (tertiary alicyclic amines) is 1. The van der Waals surface area contributed by atoms with E-state index in [-0.39, 0.29) is 17.3 Å². The van der Waals surface area contributed by atoms with Gasteiger partial charge in [0, 0.05) is 18.7 Å². The van der Waals surface area contributed by atoms with Gasteiger partial charge >= 0.3 is 0 Å². The minimum Gasteiger partial charge on any atom is -0.339 e. The highest BCUT2D eigenvalue weighted by molar-refractivity contribution is 7.94. The van der Waals surface area contributed by atoms with Crippen molar-refractivity contribution in [1.82, 2.24) is 4.90 Å². The zero-order chi connectivity index (χ0) is 15.9. The third-order valence-corrected chi connectivity index (χ3v) is 5.95. The van der Waals surface area contributed by atoms with Gasteiger partial charge in [-0.2, -0.15) is 0 Å². The first kappa shape index (κ1) is 15.0. The largest absolute Gasteiger partial charge is 0.339 e. The van der Waals surface area contributed by atoms with Crippen molar-refractivity contribution in [3.05, 3.63) is 29.8 Å². The first-order valence-corrected chi connectivity index (χ1v) is 8.97. The Balaban J connectivity index is 1.94. The van der Waals surface area contributed by atoms with Crippen LogP contribution in [0.1, 0.15) is 30.1 Å². The minimum atomic E-state index is -3.64. The predicted octanol–water partition coefficient (Wildman–Crippen LogP) is 1.24. The summed E-state index contributed by atoms with van der Waals surface area (Å²) in [5.41, 5.74) is 0.668. The number of hydrogen-bond donors (Lipinski definition) is 0. The number of sulfonamides is 1. The van der Waals surface area contributed by atoms with E-state index < -0.39 is 21.8 Å². The molecule has 2 aliphatic heterocycles. The van der Waals surface area contributed by atoms with E-state index in [0.29, 0.717) is 5.56 Å². The summed E-state index contributed by atoms with van der Waals surface area (Å²) in [5.74, 6) is -1.29. The Bertz CT molecular complexity index is 723. The predicted molar refractivity (Wildman–Crippen MR) is 82.0 cm³/mol. The SMILES string of the molecule is CC1CS(=O)(=O)N(c2cccc(C(=O)N3CCCC3)c2)C1=O. The lowest BCUT2D eigenvalue weighted by Crippen LogP contribution is -2.31. The highest BCUT2D eigenvalue weighted by Gasteiger charge is 2.42. The fourth-order valence-electron chi connectivity index (χ4n) is 2.95. The fraction of sp³-hybridized carbons (Fsp3) is 0.467. The van der Waals surface area contributed by atoms with Gasteiger partial charge < -0.3 is 4.90 Å². The van der Waals surface area contributed by atoms with Crippen LogP contribution in [0, 0.1) is 5.92 Å². The van der Waals surface area contributed by atoms with E-state index in [9.17, 15) is 18.0 Å². The second kappa shape index (κ2) is 5.39. The molecule has 2 amide bonds. The number of carbonyl (C=O) groups is 2. The van der Waals surface area contributed by atoms with Crippen molar-refractivity contribution in [2.24, 2.45) is 5.92 Å². The van der Waals surface area contributed by atoms with Gasteiger partial charge in [-0.15, -0.1) is 0 Å². The molecule has 0 N–H and O–H groups in total. The molecule has 2 heterocycles. The Hall–Kier alpha value is -1.89. The zero-order valence-electron chi connectivity index (χ0n) is 12.4. The van der Waals surface area contributed by atoms with Gasteiger partial charge in [-0.05, 0) is 31.0 Å². The van der Waals surface area contributed by atoms with Crippen molar-refractivity contribution < 1.29 is 18.0 Å². The lowest BCUT2D eigenvalue weighted by Gasteiger charge is -2.18. The van der Waals surface area contributed by atoms with Crippen molar-refractivity contribution in [3.63, 3.8) is 0 Å². The highest BCUT2D eigenvalue weighted by Crippen LogP contribution is 2.29. The zero-order valence-corrected chi connectivity index (χ0v) is 13.2. The number of amides is 2. The molecule has 2 fully saturated rings. The summed E-state index contributed by atoms with van der Waals surface area (Å²) in [6, 6.07) is 6.31. The maximum Gasteiger partial charge on any atom is 0.253 e. The second-order valence-electron chi connectivity index (χ2n) is 5.83. The molecule has 7 heteroatoms. The van der Waals surface area contributed by atoms with Crippen LogP contribution in [0.2, 0.25) is 0 Å². The number of anilines is 1. The Labute approximate surface area is 129 Å². The summed E-state index contributed by atoms with van der Waals surface area (Å²) in [4.78, 5) is 26.3. The fourth-order valence-corrected chi connectivity index (χ4v) is 4.77. The van der Waals surface area contributed by atoms with E-state index in [1.165, 1.54) is 6.07 Å². The average Bonchev–Trinajstić information content (AvgIpc) is 3.06. The summed E-state index contributed by atoms with van der Waals surface area (Å²) in [6.45, 7) is 3.04. The Morgan fingerprint density at radius 1 is 1.23 bits per heavy atom. The monoisotopic (exact) mass is 322 g/mol. The van der Waals surface area contributed by atoms with Gasteiger partial charge in [0.15, 0.2) is 0 Å². The normalized spacial score (nSPS) is 24.0. The average molecular weight is 322 g/mol. The van der Waals surface area contributed by atoms with Gasteiger partial charge in [-0.1, -0.05) is 13.0 Å². The van der Waals surface area contributed by atoms with Gasteiger partial charge in [-0.3, -0.25) is 9.59 Å². The van der Waals surface area contributed by atoms with Gasteiger partial charge in [0.2, 0.25) is 15.9 Å². The Kier molecular flexibility index (Phi) is 3.68.